The summed E-state index contributed by atoms with van der Waals surface area (Å²) in [7, 11) is -2.51. The first-order valence-electron chi connectivity index (χ1n) is 19.6. The summed E-state index contributed by atoms with van der Waals surface area (Å²) in [5, 5.41) is 23.1. The van der Waals surface area contributed by atoms with Crippen molar-refractivity contribution < 1.29 is 58.2 Å². The third kappa shape index (κ3) is 7.76. The zero-order valence-electron chi connectivity index (χ0n) is 33.3. The molecule has 9 rings (SSSR count). The van der Waals surface area contributed by atoms with Gasteiger partial charge in [0.05, 0.1) is 47.1 Å². The molecule has 0 spiro atoms. The average molecular weight is 943 g/mol. The third-order valence-corrected chi connectivity index (χ3v) is 12.4. The molecular formula is C39H35ClF8N10O5S. The van der Waals surface area contributed by atoms with Crippen LogP contribution < -0.4 is 19.8 Å². The lowest BCUT2D eigenvalue weighted by Gasteiger charge is -2.39. The number of aliphatic hydroxyl groups is 1. The smallest absolute Gasteiger partial charge is 0.293 e. The largest absolute Gasteiger partial charge is 0.369 e. The van der Waals surface area contributed by atoms with Gasteiger partial charge in [0.2, 0.25) is 15.9 Å². The standard InChI is InChI=1S/C39H35ClF8N10O5S/c1-55-31-24(5-4-22(40)29(31)36(53-55)54-64(2,61)62)58-37(51-35-19(38(58)60)3-6-26(50-35)56-7-8-63-25(14-56)33(43)44)23(11-16-9-17(41)12-18(42)10-16)49-27(59)15-57-32-28(30(52-57)34(45)46)20-13-21(20)39(32,47)48/h3-6,9-10,12,20-21,23,25,33-34,38,60H,7-8,11,13-15H2,1-2H3,(H,49,59)(H,53,54)/t20-,21+,23-,25?,38?/m0/s1. The van der Waals surface area contributed by atoms with Gasteiger partial charge in [-0.1, -0.05) is 11.6 Å². The number of pyridine rings is 1. The number of amidine groups is 1. The molecule has 1 amide bonds. The number of halogens is 9. The van der Waals surface area contributed by atoms with E-state index in [0.29, 0.717) is 10.7 Å². The Balaban J connectivity index is 1.20. The van der Waals surface area contributed by atoms with Gasteiger partial charge < -0.3 is 20.1 Å². The SMILES string of the molecule is Cn1nc(NS(C)(=O)=O)c2c(Cl)ccc(N3C([C@H](Cc4cc(F)cc(F)c4)NC(=O)Cn4nc(C(F)F)c5c4C(F)(F)[C@@H]4C[C@H]54)=Nc4nc(N5CCOC(C(F)F)C5)ccc4C3O)c21. The van der Waals surface area contributed by atoms with Gasteiger partial charge in [-0.25, -0.2) is 44.7 Å². The Morgan fingerprint density at radius 3 is 2.50 bits per heavy atom. The van der Waals surface area contributed by atoms with Crippen molar-refractivity contribution in [2.75, 3.05) is 40.5 Å². The summed E-state index contributed by atoms with van der Waals surface area (Å²) in [5.74, 6) is -9.36. The quantitative estimate of drug-likeness (QED) is 0.125. The van der Waals surface area contributed by atoms with Crippen LogP contribution in [0.25, 0.3) is 10.9 Å². The number of nitrogens with one attached hydrogen (secondary N) is 2. The van der Waals surface area contributed by atoms with Gasteiger partial charge in [-0.2, -0.15) is 19.0 Å². The number of ether oxygens (including phenoxy) is 1. The summed E-state index contributed by atoms with van der Waals surface area (Å²) in [4.78, 5) is 26.2. The van der Waals surface area contributed by atoms with Crippen LogP contribution in [0, 0.1) is 17.6 Å². The zero-order valence-corrected chi connectivity index (χ0v) is 34.9. The Kier molecular flexibility index (Phi) is 10.8. The summed E-state index contributed by atoms with van der Waals surface area (Å²) in [6, 6.07) is 6.55. The summed E-state index contributed by atoms with van der Waals surface area (Å²) in [5.41, 5.74) is -1.94. The second kappa shape index (κ2) is 15.8. The van der Waals surface area contributed by atoms with Crippen LogP contribution in [0.15, 0.2) is 47.5 Å². The number of amides is 1. The first-order valence-corrected chi connectivity index (χ1v) is 21.8. The van der Waals surface area contributed by atoms with E-state index in [1.165, 1.54) is 45.8 Å². The molecule has 0 radical (unpaired) electrons. The van der Waals surface area contributed by atoms with E-state index in [4.69, 9.17) is 21.3 Å². The number of aromatic nitrogens is 5. The number of rotatable bonds is 12. The number of carbonyl (C=O) groups is 1. The maximum absolute atomic E-state index is 15.5. The van der Waals surface area contributed by atoms with Gasteiger partial charge >= 0.3 is 0 Å². The normalized spacial score (nSPS) is 21.8. The summed E-state index contributed by atoms with van der Waals surface area (Å²) < 4.78 is 150. The van der Waals surface area contributed by atoms with Crippen LogP contribution in [0.1, 0.15) is 53.1 Å². The number of hydrogen-bond acceptors (Lipinski definition) is 11. The van der Waals surface area contributed by atoms with E-state index in [-0.39, 0.29) is 87.7 Å². The lowest BCUT2D eigenvalue weighted by molar-refractivity contribution is -0.122. The molecule has 5 atom stereocenters. The van der Waals surface area contributed by atoms with Crippen LogP contribution in [0.2, 0.25) is 5.02 Å². The highest BCUT2D eigenvalue weighted by Gasteiger charge is 2.67. The van der Waals surface area contributed by atoms with Crippen molar-refractivity contribution in [3.63, 3.8) is 0 Å². The minimum atomic E-state index is -3.94. The molecular weight excluding hydrogens is 908 g/mol. The van der Waals surface area contributed by atoms with E-state index < -0.39 is 101 Å². The molecule has 2 aliphatic heterocycles. The van der Waals surface area contributed by atoms with Gasteiger partial charge in [0.25, 0.3) is 18.8 Å². The number of aryl methyl sites for hydroxylation is 1. The van der Waals surface area contributed by atoms with Gasteiger partial charge in [-0.3, -0.25) is 23.8 Å². The first kappa shape index (κ1) is 43.7. The molecule has 1 saturated carbocycles. The van der Waals surface area contributed by atoms with Gasteiger partial charge in [-0.15, -0.1) is 0 Å². The molecule has 2 fully saturated rings. The Morgan fingerprint density at radius 2 is 1.81 bits per heavy atom. The van der Waals surface area contributed by atoms with Crippen LogP contribution in [0.4, 0.5) is 58.3 Å². The Hall–Kier alpha value is -5.59. The van der Waals surface area contributed by atoms with E-state index >= 15 is 8.78 Å². The van der Waals surface area contributed by atoms with Crippen molar-refractivity contribution in [2.45, 2.75) is 62.5 Å². The van der Waals surface area contributed by atoms with Crippen LogP contribution in [-0.2, 0) is 45.5 Å². The van der Waals surface area contributed by atoms with E-state index in [9.17, 15) is 44.7 Å². The molecule has 2 aliphatic carbocycles. The number of carbonyl (C=O) groups excluding carboxylic acids is 1. The van der Waals surface area contributed by atoms with Gasteiger partial charge in [0.1, 0.15) is 47.3 Å². The van der Waals surface area contributed by atoms with Crippen LogP contribution in [0.5, 0.6) is 0 Å². The number of nitrogens with zero attached hydrogens (tertiary/aromatic N) is 8. The van der Waals surface area contributed by atoms with Gasteiger partial charge in [0.15, 0.2) is 17.9 Å². The van der Waals surface area contributed by atoms with Crippen molar-refractivity contribution in [1.29, 1.82) is 0 Å². The summed E-state index contributed by atoms with van der Waals surface area (Å²) in [6.07, 6.45) is -8.98. The fraction of sp³-hybridized carbons (Fsp3) is 0.410. The van der Waals surface area contributed by atoms with Crippen molar-refractivity contribution in [1.82, 2.24) is 29.9 Å². The Bertz CT molecular complexity index is 2840. The van der Waals surface area contributed by atoms with E-state index in [1.54, 1.807) is 0 Å². The number of anilines is 3. The highest BCUT2D eigenvalue weighted by atomic mass is 35.5. The molecule has 25 heteroatoms. The third-order valence-electron chi connectivity index (χ3n) is 11.5. The van der Waals surface area contributed by atoms with E-state index in [2.05, 4.69) is 25.2 Å². The number of sulfonamides is 1. The predicted octanol–water partition coefficient (Wildman–Crippen LogP) is 6.05. The molecule has 15 nitrogen and oxygen atoms in total. The number of benzene rings is 2. The van der Waals surface area contributed by atoms with Crippen molar-refractivity contribution in [3.8, 4) is 0 Å². The molecule has 5 heterocycles. The molecule has 0 bridgehead atoms. The molecule has 4 aliphatic rings. The summed E-state index contributed by atoms with van der Waals surface area (Å²) in [6.45, 7) is -1.22. The Morgan fingerprint density at radius 1 is 1.08 bits per heavy atom. The fourth-order valence-corrected chi connectivity index (χ4v) is 9.54. The van der Waals surface area contributed by atoms with Crippen LogP contribution in [0.3, 0.4) is 0 Å². The number of aliphatic hydroxyl groups excluding tert-OH is 1. The Labute approximate surface area is 362 Å². The van der Waals surface area contributed by atoms with E-state index in [0.717, 1.165) is 18.4 Å². The minimum Gasteiger partial charge on any atom is -0.369 e. The second-order valence-corrected chi connectivity index (χ2v) is 18.1. The van der Waals surface area contributed by atoms with Crippen molar-refractivity contribution in [3.05, 3.63) is 87.2 Å². The fourth-order valence-electron chi connectivity index (χ4n) is 8.80. The number of aliphatic imine (C=N–C) groups is 1. The maximum atomic E-state index is 15.5. The molecule has 5 aromatic rings. The number of fused-ring (bicyclic) bond motifs is 5. The van der Waals surface area contributed by atoms with Crippen LogP contribution in [-0.4, -0.2) is 94.3 Å². The lowest BCUT2D eigenvalue weighted by atomic mass is 10.0. The minimum absolute atomic E-state index is 0.00626. The predicted molar refractivity (Wildman–Crippen MR) is 215 cm³/mol. The molecule has 1 saturated heterocycles. The van der Waals surface area contributed by atoms with E-state index in [1.807, 2.05) is 0 Å². The lowest BCUT2D eigenvalue weighted by Crippen LogP contribution is -2.53. The second-order valence-electron chi connectivity index (χ2n) is 15.9. The highest BCUT2D eigenvalue weighted by Crippen LogP contribution is 2.68. The van der Waals surface area contributed by atoms with Gasteiger partial charge in [-0.05, 0) is 54.3 Å². The molecule has 340 valence electrons. The molecule has 2 aromatic carbocycles. The molecule has 2 unspecified atom stereocenters. The van der Waals surface area contributed by atoms with Crippen molar-refractivity contribution in [2.24, 2.45) is 18.0 Å². The number of alkyl halides is 6. The zero-order chi connectivity index (χ0) is 45.7. The monoisotopic (exact) mass is 942 g/mol. The first-order chi connectivity index (χ1) is 30.2. The number of morpholine rings is 1. The summed E-state index contributed by atoms with van der Waals surface area (Å²) >= 11 is 6.62. The average Bonchev–Trinajstić information content (AvgIpc) is 3.75. The van der Waals surface area contributed by atoms with Crippen LogP contribution >= 0.6 is 11.6 Å². The number of hydrogen-bond donors (Lipinski definition) is 3. The molecule has 3 N–H and O–H groups in total. The van der Waals surface area contributed by atoms with Crippen molar-refractivity contribution >= 4 is 67.4 Å². The molecule has 64 heavy (non-hydrogen) atoms. The molecule has 3 aromatic heterocycles. The highest BCUT2D eigenvalue weighted by molar-refractivity contribution is 7.92. The van der Waals surface area contributed by atoms with Gasteiger partial charge in [0, 0.05) is 43.1 Å². The topological polar surface area (TPSA) is 172 Å². The maximum Gasteiger partial charge on any atom is 0.293 e.